The van der Waals surface area contributed by atoms with Gasteiger partial charge in [0.25, 0.3) is 5.69 Å². The highest BCUT2D eigenvalue weighted by molar-refractivity contribution is 7.89. The molecule has 33 heavy (non-hydrogen) atoms. The van der Waals surface area contributed by atoms with Gasteiger partial charge in [0, 0.05) is 18.0 Å². The summed E-state index contributed by atoms with van der Waals surface area (Å²) in [5, 5.41) is 22.8. The van der Waals surface area contributed by atoms with Gasteiger partial charge in [0.1, 0.15) is 5.69 Å². The summed E-state index contributed by atoms with van der Waals surface area (Å²) in [6.07, 6.45) is -4.87. The molecule has 0 unspecified atom stereocenters. The van der Waals surface area contributed by atoms with E-state index in [1.165, 1.54) is 28.8 Å². The van der Waals surface area contributed by atoms with E-state index in [2.05, 4.69) is 0 Å². The minimum absolute atomic E-state index is 0.0665. The molecular formula is C19H15F3N4O6S. The predicted octanol–water partition coefficient (Wildman–Crippen LogP) is 2.60. The third kappa shape index (κ3) is 3.12. The lowest BCUT2D eigenvalue weighted by atomic mass is 10.1. The van der Waals surface area contributed by atoms with Crippen molar-refractivity contribution in [3.63, 3.8) is 0 Å². The number of non-ortho nitro benzene ring substituents is 1. The molecule has 1 N–H and O–H groups in total. The van der Waals surface area contributed by atoms with Crippen LogP contribution >= 0.6 is 0 Å². The number of imidazole rings is 1. The van der Waals surface area contributed by atoms with Crippen molar-refractivity contribution in [3.8, 4) is 11.6 Å². The number of hydrogen-bond acceptors (Lipinski definition) is 6. The van der Waals surface area contributed by atoms with Crippen LogP contribution in [0.2, 0.25) is 0 Å². The normalized spacial score (nSPS) is 20.5. The number of nitrogens with zero attached hydrogens (tertiary/aromatic N) is 4. The van der Waals surface area contributed by atoms with E-state index >= 15 is 0 Å². The first kappa shape index (κ1) is 21.5. The fourth-order valence-electron chi connectivity index (χ4n) is 4.84. The Hall–Kier alpha value is -3.39. The van der Waals surface area contributed by atoms with Gasteiger partial charge in [-0.05, 0) is 18.6 Å². The van der Waals surface area contributed by atoms with E-state index in [0.717, 1.165) is 4.57 Å². The molecule has 1 fully saturated rings. The van der Waals surface area contributed by atoms with Crippen molar-refractivity contribution in [2.24, 2.45) is 0 Å². The quantitative estimate of drug-likeness (QED) is 0.448. The summed E-state index contributed by atoms with van der Waals surface area (Å²) in [5.41, 5.74) is -0.880. The lowest BCUT2D eigenvalue weighted by molar-refractivity contribution is -0.383. The minimum atomic E-state index is -4.94. The van der Waals surface area contributed by atoms with Gasteiger partial charge in [-0.2, -0.15) is 17.5 Å². The van der Waals surface area contributed by atoms with E-state index in [9.17, 15) is 41.6 Å². The molecule has 1 aromatic heterocycles. The molecule has 14 heteroatoms. The Balaban J connectivity index is 1.66. The second-order valence-corrected chi connectivity index (χ2v) is 9.87. The summed E-state index contributed by atoms with van der Waals surface area (Å²) in [7, 11) is -4.73. The Labute approximate surface area is 183 Å². The SMILES string of the molecule is O=c1n(-c2ccc([N+](=O)[O-])c3ccccc23)c(O)c2n1[C@H]1C[C@@H]2N(S(=O)(=O)CC(F)(F)F)C1. The van der Waals surface area contributed by atoms with E-state index in [-0.39, 0.29) is 35.4 Å². The van der Waals surface area contributed by atoms with E-state index in [0.29, 0.717) is 9.69 Å². The Morgan fingerprint density at radius 1 is 1.15 bits per heavy atom. The molecule has 3 aromatic rings. The van der Waals surface area contributed by atoms with Crippen molar-refractivity contribution < 1.29 is 31.6 Å². The maximum Gasteiger partial charge on any atom is 0.404 e. The van der Waals surface area contributed by atoms with Crippen LogP contribution in [-0.2, 0) is 10.0 Å². The third-order valence-corrected chi connectivity index (χ3v) is 7.84. The molecule has 2 atom stereocenters. The average Bonchev–Trinajstić information content (AvgIpc) is 3.37. The van der Waals surface area contributed by atoms with Crippen LogP contribution in [0.4, 0.5) is 18.9 Å². The van der Waals surface area contributed by atoms with Crippen molar-refractivity contribution in [3.05, 3.63) is 62.7 Å². The number of benzene rings is 2. The first-order chi connectivity index (χ1) is 15.4. The molecule has 2 bridgehead atoms. The maximum atomic E-state index is 13.2. The van der Waals surface area contributed by atoms with Crippen molar-refractivity contribution >= 4 is 26.5 Å². The van der Waals surface area contributed by atoms with Crippen LogP contribution in [0.5, 0.6) is 5.88 Å². The topological polar surface area (TPSA) is 128 Å². The van der Waals surface area contributed by atoms with Crippen LogP contribution in [0.15, 0.2) is 41.2 Å². The van der Waals surface area contributed by atoms with Gasteiger partial charge in [-0.3, -0.25) is 14.7 Å². The van der Waals surface area contributed by atoms with Gasteiger partial charge >= 0.3 is 11.9 Å². The third-order valence-electron chi connectivity index (χ3n) is 6.03. The van der Waals surface area contributed by atoms with Gasteiger partial charge in [0.2, 0.25) is 15.9 Å². The molecule has 10 nitrogen and oxygen atoms in total. The molecule has 0 aliphatic carbocycles. The molecule has 1 saturated heterocycles. The highest BCUT2D eigenvalue weighted by atomic mass is 32.2. The van der Waals surface area contributed by atoms with Crippen molar-refractivity contribution in [2.45, 2.75) is 24.7 Å². The molecule has 0 radical (unpaired) electrons. The summed E-state index contributed by atoms with van der Waals surface area (Å²) in [4.78, 5) is 24.0. The van der Waals surface area contributed by atoms with Crippen LogP contribution in [-0.4, -0.2) is 50.4 Å². The van der Waals surface area contributed by atoms with E-state index in [1.54, 1.807) is 12.1 Å². The zero-order valence-corrected chi connectivity index (χ0v) is 17.4. The van der Waals surface area contributed by atoms with Gasteiger partial charge in [0.15, 0.2) is 5.75 Å². The summed E-state index contributed by atoms with van der Waals surface area (Å²) in [5.74, 6) is -2.65. The molecule has 2 aromatic carbocycles. The summed E-state index contributed by atoms with van der Waals surface area (Å²) < 4.78 is 65.9. The van der Waals surface area contributed by atoms with E-state index < -0.39 is 50.5 Å². The van der Waals surface area contributed by atoms with Gasteiger partial charge < -0.3 is 5.11 Å². The van der Waals surface area contributed by atoms with Crippen LogP contribution in [0, 0.1) is 10.1 Å². The summed E-state index contributed by atoms with van der Waals surface area (Å²) >= 11 is 0. The Bertz CT molecular complexity index is 1490. The van der Waals surface area contributed by atoms with Crippen LogP contribution in [0.1, 0.15) is 24.2 Å². The highest BCUT2D eigenvalue weighted by Crippen LogP contribution is 2.50. The number of hydrogen-bond donors (Lipinski definition) is 1. The fourth-order valence-corrected chi connectivity index (χ4v) is 6.39. The average molecular weight is 484 g/mol. The van der Waals surface area contributed by atoms with Crippen LogP contribution in [0.3, 0.4) is 0 Å². The molecule has 0 spiro atoms. The molecule has 2 aliphatic heterocycles. The number of sulfonamides is 1. The number of alkyl halides is 3. The van der Waals surface area contributed by atoms with Gasteiger partial charge in [-0.25, -0.2) is 17.8 Å². The lowest BCUT2D eigenvalue weighted by Crippen LogP contribution is -2.41. The Kier molecular flexibility index (Phi) is 4.42. The second kappa shape index (κ2) is 6.81. The maximum absolute atomic E-state index is 13.2. The molecule has 0 saturated carbocycles. The molecular weight excluding hydrogens is 469 g/mol. The predicted molar refractivity (Wildman–Crippen MR) is 109 cm³/mol. The minimum Gasteiger partial charge on any atom is -0.493 e. The largest absolute Gasteiger partial charge is 0.493 e. The highest BCUT2D eigenvalue weighted by Gasteiger charge is 2.53. The van der Waals surface area contributed by atoms with Crippen molar-refractivity contribution in [1.29, 1.82) is 0 Å². The van der Waals surface area contributed by atoms with Gasteiger partial charge in [0.05, 0.1) is 28.1 Å². The number of rotatable bonds is 4. The molecule has 2 aliphatic rings. The number of halogens is 3. The van der Waals surface area contributed by atoms with E-state index in [4.69, 9.17) is 0 Å². The van der Waals surface area contributed by atoms with Crippen LogP contribution in [0.25, 0.3) is 16.5 Å². The standard InChI is InChI=1S/C19H15F3N4O6S/c20-19(21,22)9-33(31,32)23-8-10-7-15(23)16-17(27)25(18(28)24(10)16)13-5-6-14(26(29)30)12-4-2-1-3-11(12)13/h1-6,10,15,27H,7-9H2/t10-,15-/m0/s1. The van der Waals surface area contributed by atoms with Crippen molar-refractivity contribution in [2.75, 3.05) is 12.3 Å². The fraction of sp³-hybridized carbons (Fsp3) is 0.316. The lowest BCUT2D eigenvalue weighted by Gasteiger charge is -2.27. The monoisotopic (exact) mass is 484 g/mol. The second-order valence-electron chi connectivity index (χ2n) is 7.95. The zero-order valence-electron chi connectivity index (χ0n) is 16.6. The summed E-state index contributed by atoms with van der Waals surface area (Å²) in [6, 6.07) is 6.79. The Morgan fingerprint density at radius 2 is 1.82 bits per heavy atom. The molecule has 174 valence electrons. The molecule has 3 heterocycles. The Morgan fingerprint density at radius 3 is 2.45 bits per heavy atom. The van der Waals surface area contributed by atoms with Gasteiger partial charge in [-0.1, -0.05) is 18.2 Å². The van der Waals surface area contributed by atoms with E-state index in [1.807, 2.05) is 0 Å². The first-order valence-electron chi connectivity index (χ1n) is 9.69. The number of nitro benzene ring substituents is 1. The van der Waals surface area contributed by atoms with Crippen LogP contribution < -0.4 is 5.69 Å². The van der Waals surface area contributed by atoms with Gasteiger partial charge in [-0.15, -0.1) is 0 Å². The van der Waals surface area contributed by atoms with Crippen molar-refractivity contribution in [1.82, 2.24) is 13.4 Å². The number of aromatic nitrogens is 2. The number of fused-ring (bicyclic) bond motifs is 6. The molecule has 5 rings (SSSR count). The zero-order chi connectivity index (χ0) is 23.9. The molecule has 0 amide bonds. The smallest absolute Gasteiger partial charge is 0.404 e. The number of aromatic hydroxyl groups is 1. The first-order valence-corrected chi connectivity index (χ1v) is 11.3. The summed E-state index contributed by atoms with van der Waals surface area (Å²) in [6.45, 7) is -0.319. The number of nitro groups is 1.